The molecule has 1 atom stereocenters. The molecule has 8 nitrogen and oxygen atoms in total. The summed E-state index contributed by atoms with van der Waals surface area (Å²) in [6.07, 6.45) is 1.38. The normalized spacial score (nSPS) is 16.4. The first kappa shape index (κ1) is 18.6. The fourth-order valence-electron chi connectivity index (χ4n) is 2.84. The third kappa shape index (κ3) is 4.40. The van der Waals surface area contributed by atoms with Crippen LogP contribution in [0.4, 0.5) is 0 Å². The highest BCUT2D eigenvalue weighted by atomic mass is 16.5. The van der Waals surface area contributed by atoms with E-state index in [-0.39, 0.29) is 24.8 Å². The van der Waals surface area contributed by atoms with Gasteiger partial charge in [0.1, 0.15) is 17.5 Å². The molecule has 25 heavy (non-hydrogen) atoms. The van der Waals surface area contributed by atoms with E-state index < -0.39 is 11.9 Å². The Morgan fingerprint density at radius 3 is 2.68 bits per heavy atom. The maximum Gasteiger partial charge on any atom is 0.258 e. The van der Waals surface area contributed by atoms with Crippen molar-refractivity contribution in [3.05, 3.63) is 23.8 Å². The number of nitrogens with zero attached hydrogens (tertiary/aromatic N) is 1. The van der Waals surface area contributed by atoms with Gasteiger partial charge in [-0.05, 0) is 25.0 Å². The number of ether oxygens (including phenoxy) is 2. The number of methoxy groups -OCH3 is 2. The molecule has 3 N–H and O–H groups in total. The van der Waals surface area contributed by atoms with Crippen molar-refractivity contribution in [3.63, 3.8) is 0 Å². The number of amides is 3. The Morgan fingerprint density at radius 2 is 2.04 bits per heavy atom. The zero-order valence-corrected chi connectivity index (χ0v) is 14.4. The molecule has 0 saturated carbocycles. The molecule has 0 aromatic heterocycles. The van der Waals surface area contributed by atoms with E-state index in [1.807, 2.05) is 0 Å². The van der Waals surface area contributed by atoms with E-state index in [1.54, 1.807) is 18.2 Å². The molecule has 1 aliphatic heterocycles. The third-order valence-corrected chi connectivity index (χ3v) is 4.13. The van der Waals surface area contributed by atoms with Gasteiger partial charge in [-0.3, -0.25) is 14.4 Å². The Balaban J connectivity index is 2.12. The molecule has 0 spiro atoms. The van der Waals surface area contributed by atoms with E-state index >= 15 is 0 Å². The molecule has 1 aromatic carbocycles. The SMILES string of the molecule is COc1ccc(C(=O)N2CCCC2C(=O)NCCC(N)=O)c(OC)c1. The monoisotopic (exact) mass is 349 g/mol. The summed E-state index contributed by atoms with van der Waals surface area (Å²) in [5.74, 6) is -0.0611. The smallest absolute Gasteiger partial charge is 0.258 e. The number of hydrogen-bond donors (Lipinski definition) is 2. The predicted octanol–water partition coefficient (Wildman–Crippen LogP) is 0.300. The van der Waals surface area contributed by atoms with Gasteiger partial charge >= 0.3 is 0 Å². The van der Waals surface area contributed by atoms with Crippen LogP contribution in [0.15, 0.2) is 18.2 Å². The second-order valence-corrected chi connectivity index (χ2v) is 5.73. The van der Waals surface area contributed by atoms with Crippen molar-refractivity contribution < 1.29 is 23.9 Å². The molecule has 0 aliphatic carbocycles. The summed E-state index contributed by atoms with van der Waals surface area (Å²) in [7, 11) is 3.01. The Kier molecular flexibility index (Phi) is 6.21. The lowest BCUT2D eigenvalue weighted by molar-refractivity contribution is -0.125. The Labute approximate surface area is 146 Å². The van der Waals surface area contributed by atoms with Crippen LogP contribution in [-0.4, -0.2) is 56.0 Å². The first-order valence-electron chi connectivity index (χ1n) is 8.07. The van der Waals surface area contributed by atoms with Gasteiger partial charge in [0.2, 0.25) is 11.8 Å². The molecule has 1 aliphatic rings. The first-order chi connectivity index (χ1) is 12.0. The fourth-order valence-corrected chi connectivity index (χ4v) is 2.84. The van der Waals surface area contributed by atoms with E-state index in [1.165, 1.54) is 19.1 Å². The van der Waals surface area contributed by atoms with Gasteiger partial charge < -0.3 is 25.4 Å². The van der Waals surface area contributed by atoms with Gasteiger partial charge in [-0.25, -0.2) is 0 Å². The minimum atomic E-state index is -0.563. The van der Waals surface area contributed by atoms with E-state index in [0.29, 0.717) is 30.0 Å². The molecule has 3 amide bonds. The maximum atomic E-state index is 12.9. The molecule has 0 bridgehead atoms. The number of nitrogens with one attached hydrogen (secondary N) is 1. The van der Waals surface area contributed by atoms with Gasteiger partial charge in [-0.2, -0.15) is 0 Å². The summed E-state index contributed by atoms with van der Waals surface area (Å²) in [6, 6.07) is 4.37. The van der Waals surface area contributed by atoms with Crippen molar-refractivity contribution in [2.24, 2.45) is 5.73 Å². The highest BCUT2D eigenvalue weighted by molar-refractivity contribution is 6.00. The molecule has 1 heterocycles. The van der Waals surface area contributed by atoms with E-state index in [4.69, 9.17) is 15.2 Å². The van der Waals surface area contributed by atoms with Gasteiger partial charge in [0, 0.05) is 25.6 Å². The van der Waals surface area contributed by atoms with E-state index in [2.05, 4.69) is 5.32 Å². The van der Waals surface area contributed by atoms with Crippen LogP contribution in [0.2, 0.25) is 0 Å². The van der Waals surface area contributed by atoms with Crippen molar-refractivity contribution in [1.82, 2.24) is 10.2 Å². The van der Waals surface area contributed by atoms with Crippen molar-refractivity contribution in [3.8, 4) is 11.5 Å². The molecule has 1 unspecified atom stereocenters. The first-order valence-corrected chi connectivity index (χ1v) is 8.07. The molecule has 136 valence electrons. The Bertz CT molecular complexity index is 662. The largest absolute Gasteiger partial charge is 0.497 e. The highest BCUT2D eigenvalue weighted by Gasteiger charge is 2.35. The number of carbonyl (C=O) groups excluding carboxylic acids is 3. The van der Waals surface area contributed by atoms with E-state index in [9.17, 15) is 14.4 Å². The van der Waals surface area contributed by atoms with Crippen LogP contribution in [-0.2, 0) is 9.59 Å². The molecule has 1 fully saturated rings. The van der Waals surface area contributed by atoms with Crippen molar-refractivity contribution in [2.75, 3.05) is 27.3 Å². The standard InChI is InChI=1S/C17H23N3O5/c1-24-11-5-6-12(14(10-11)25-2)17(23)20-9-3-4-13(20)16(22)19-8-7-15(18)21/h5-6,10,13H,3-4,7-9H2,1-2H3,(H2,18,21)(H,19,22). The number of likely N-dealkylation sites (tertiary alicyclic amines) is 1. The molecule has 0 radical (unpaired) electrons. The second-order valence-electron chi connectivity index (χ2n) is 5.73. The van der Waals surface area contributed by atoms with Crippen molar-refractivity contribution in [1.29, 1.82) is 0 Å². The van der Waals surface area contributed by atoms with Gasteiger partial charge in [-0.1, -0.05) is 0 Å². The summed E-state index contributed by atoms with van der Waals surface area (Å²) < 4.78 is 10.4. The zero-order valence-electron chi connectivity index (χ0n) is 14.4. The van der Waals surface area contributed by atoms with Crippen LogP contribution in [0.25, 0.3) is 0 Å². The van der Waals surface area contributed by atoms with Gasteiger partial charge in [0.05, 0.1) is 19.8 Å². The lowest BCUT2D eigenvalue weighted by Crippen LogP contribution is -2.46. The van der Waals surface area contributed by atoms with E-state index in [0.717, 1.165) is 6.42 Å². The maximum absolute atomic E-state index is 12.9. The average molecular weight is 349 g/mol. The Hall–Kier alpha value is -2.77. The molecule has 1 aromatic rings. The summed E-state index contributed by atoms with van der Waals surface area (Å²) in [6.45, 7) is 0.653. The lowest BCUT2D eigenvalue weighted by Gasteiger charge is -2.24. The lowest BCUT2D eigenvalue weighted by atomic mass is 10.1. The Morgan fingerprint density at radius 1 is 1.28 bits per heavy atom. The zero-order chi connectivity index (χ0) is 18.4. The number of primary amides is 1. The number of benzene rings is 1. The third-order valence-electron chi connectivity index (χ3n) is 4.13. The van der Waals surface area contributed by atoms with Crippen molar-refractivity contribution >= 4 is 17.7 Å². The number of nitrogens with two attached hydrogens (primary N) is 1. The van der Waals surface area contributed by atoms with Crippen LogP contribution in [0.3, 0.4) is 0 Å². The van der Waals surface area contributed by atoms with Gasteiger partial charge in [-0.15, -0.1) is 0 Å². The summed E-state index contributed by atoms with van der Waals surface area (Å²) in [5.41, 5.74) is 5.44. The fraction of sp³-hybridized carbons (Fsp3) is 0.471. The molecule has 2 rings (SSSR count). The minimum absolute atomic E-state index is 0.0682. The quantitative estimate of drug-likeness (QED) is 0.735. The second kappa shape index (κ2) is 8.36. The summed E-state index contributed by atoms with van der Waals surface area (Å²) in [4.78, 5) is 37.5. The van der Waals surface area contributed by atoms with Crippen LogP contribution in [0.5, 0.6) is 11.5 Å². The minimum Gasteiger partial charge on any atom is -0.497 e. The molecular weight excluding hydrogens is 326 g/mol. The number of hydrogen-bond acceptors (Lipinski definition) is 5. The summed E-state index contributed by atoms with van der Waals surface area (Å²) in [5, 5.41) is 2.65. The van der Waals surface area contributed by atoms with Crippen LogP contribution >= 0.6 is 0 Å². The number of rotatable bonds is 7. The van der Waals surface area contributed by atoms with Crippen LogP contribution in [0, 0.1) is 0 Å². The van der Waals surface area contributed by atoms with Crippen LogP contribution in [0.1, 0.15) is 29.6 Å². The highest BCUT2D eigenvalue weighted by Crippen LogP contribution is 2.28. The predicted molar refractivity (Wildman–Crippen MR) is 90.4 cm³/mol. The topological polar surface area (TPSA) is 111 Å². The van der Waals surface area contributed by atoms with Crippen molar-refractivity contribution in [2.45, 2.75) is 25.3 Å². The molecule has 1 saturated heterocycles. The average Bonchev–Trinajstić information content (AvgIpc) is 3.09. The van der Waals surface area contributed by atoms with Gasteiger partial charge in [0.15, 0.2) is 0 Å². The van der Waals surface area contributed by atoms with Crippen LogP contribution < -0.4 is 20.5 Å². The molecular formula is C17H23N3O5. The summed E-state index contributed by atoms with van der Waals surface area (Å²) >= 11 is 0. The molecule has 8 heteroatoms. The number of carbonyl (C=O) groups is 3. The van der Waals surface area contributed by atoms with Gasteiger partial charge in [0.25, 0.3) is 5.91 Å².